The van der Waals surface area contributed by atoms with Crippen LogP contribution in [0.5, 0.6) is 11.5 Å². The zero-order valence-electron chi connectivity index (χ0n) is 13.6. The van der Waals surface area contributed by atoms with Gasteiger partial charge in [-0.3, -0.25) is 14.6 Å². The van der Waals surface area contributed by atoms with Crippen molar-refractivity contribution in [3.05, 3.63) is 58.9 Å². The quantitative estimate of drug-likeness (QED) is 0.135. The molecule has 0 amide bonds. The molecule has 1 unspecified atom stereocenters. The molecule has 0 saturated heterocycles. The largest absolute Gasteiger partial charge is 0.455 e. The maximum Gasteiger partial charge on any atom is 0.162 e. The summed E-state index contributed by atoms with van der Waals surface area (Å²) in [6, 6.07) is 11.0. The highest BCUT2D eigenvalue weighted by atomic mass is 127. The molecule has 2 aromatic rings. The van der Waals surface area contributed by atoms with Gasteiger partial charge in [0.2, 0.25) is 0 Å². The number of hydrogen-bond donors (Lipinski definition) is 0. The zero-order valence-corrected chi connectivity index (χ0v) is 17.5. The molecular formula is C17H16ClIN3O2P. The monoisotopic (exact) mass is 487 g/mol. The first-order chi connectivity index (χ1) is 12.0. The van der Waals surface area contributed by atoms with Gasteiger partial charge in [0.25, 0.3) is 0 Å². The van der Waals surface area contributed by atoms with Crippen molar-refractivity contribution >= 4 is 58.1 Å². The van der Waals surface area contributed by atoms with Crippen molar-refractivity contribution in [1.82, 2.24) is 9.76 Å². The van der Waals surface area contributed by atoms with Crippen LogP contribution in [0.25, 0.3) is 5.57 Å². The fourth-order valence-electron chi connectivity index (χ4n) is 1.91. The van der Waals surface area contributed by atoms with E-state index in [9.17, 15) is 4.79 Å². The first-order valence-electron chi connectivity index (χ1n) is 7.24. The lowest BCUT2D eigenvalue weighted by Crippen LogP contribution is -1.98. The zero-order chi connectivity index (χ0) is 18.2. The third-order valence-electron chi connectivity index (χ3n) is 3.19. The van der Waals surface area contributed by atoms with Crippen molar-refractivity contribution in [3.63, 3.8) is 0 Å². The molecule has 0 fully saturated rings. The molecule has 0 aliphatic carbocycles. The van der Waals surface area contributed by atoms with Gasteiger partial charge in [0.15, 0.2) is 6.29 Å². The molecule has 0 saturated carbocycles. The number of carbonyl (C=O) groups is 1. The minimum Gasteiger partial charge on any atom is -0.455 e. The van der Waals surface area contributed by atoms with Crippen LogP contribution >= 0.6 is 40.0 Å². The Labute approximate surface area is 166 Å². The lowest BCUT2D eigenvalue weighted by molar-refractivity contribution is -0.104. The molecule has 0 bridgehead atoms. The molecule has 0 radical (unpaired) electrons. The number of aldehydes is 1. The summed E-state index contributed by atoms with van der Waals surface area (Å²) in [5.74, 6) is 1.37. The van der Waals surface area contributed by atoms with Gasteiger partial charge in [-0.05, 0) is 58.8 Å². The number of hydrazone groups is 1. The molecule has 1 aromatic heterocycles. The van der Waals surface area contributed by atoms with E-state index in [2.05, 4.69) is 32.1 Å². The van der Waals surface area contributed by atoms with Crippen LogP contribution in [0.1, 0.15) is 11.3 Å². The highest BCUT2D eigenvalue weighted by Crippen LogP contribution is 2.28. The van der Waals surface area contributed by atoms with Crippen LogP contribution in [0.3, 0.4) is 0 Å². The number of carbonyl (C=O) groups excluding carboxylic acids is 1. The second-order valence-electron chi connectivity index (χ2n) is 4.95. The predicted molar refractivity (Wildman–Crippen MR) is 113 cm³/mol. The Morgan fingerprint density at radius 1 is 1.36 bits per heavy atom. The van der Waals surface area contributed by atoms with Crippen molar-refractivity contribution in [2.75, 3.05) is 7.05 Å². The van der Waals surface area contributed by atoms with Crippen molar-refractivity contribution in [3.8, 4) is 11.5 Å². The summed E-state index contributed by atoms with van der Waals surface area (Å²) in [4.78, 5) is 15.3. The number of hydrogen-bond acceptors (Lipinski definition) is 5. The molecule has 0 N–H and O–H groups in total. The first-order valence-corrected chi connectivity index (χ1v) is 11.7. The minimum absolute atomic E-state index is 0.103. The molecule has 8 heteroatoms. The van der Waals surface area contributed by atoms with Gasteiger partial charge in [0.1, 0.15) is 11.5 Å². The molecule has 1 atom stereocenters. The Balaban J connectivity index is 2.25. The number of rotatable bonds is 7. The van der Waals surface area contributed by atoms with E-state index in [1.165, 1.54) is 0 Å². The third-order valence-corrected chi connectivity index (χ3v) is 5.94. The first kappa shape index (κ1) is 19.8. The summed E-state index contributed by atoms with van der Waals surface area (Å²) in [5, 5.41) is 4.37. The smallest absolute Gasteiger partial charge is 0.162 e. The predicted octanol–water partition coefficient (Wildman–Crippen LogP) is 5.19. The SMILES string of the molecule is Cc1ncccc1Oc1ccc(/C(C=NN(C)PI)=C(\Cl)C=O)cc1. The minimum atomic E-state index is 0.103. The molecule has 2 rings (SSSR count). The van der Waals surface area contributed by atoms with Gasteiger partial charge in [-0.2, -0.15) is 5.10 Å². The number of halogens is 2. The second-order valence-corrected chi connectivity index (χ2v) is 7.62. The van der Waals surface area contributed by atoms with Crippen LogP contribution in [0.15, 0.2) is 52.7 Å². The molecule has 0 aliphatic rings. The number of ether oxygens (including phenoxy) is 1. The van der Waals surface area contributed by atoms with E-state index >= 15 is 0 Å². The molecule has 1 aromatic carbocycles. The van der Waals surface area contributed by atoms with Gasteiger partial charge < -0.3 is 4.74 Å². The highest BCUT2D eigenvalue weighted by molar-refractivity contribution is 14.2. The van der Waals surface area contributed by atoms with E-state index in [0.717, 1.165) is 11.3 Å². The average molecular weight is 488 g/mol. The summed E-state index contributed by atoms with van der Waals surface area (Å²) in [5.41, 5.74) is 2.15. The van der Waals surface area contributed by atoms with E-state index in [-0.39, 0.29) is 5.03 Å². The van der Waals surface area contributed by atoms with Crippen molar-refractivity contribution in [2.24, 2.45) is 5.10 Å². The number of nitrogens with zero attached hydrogens (tertiary/aromatic N) is 3. The van der Waals surface area contributed by atoms with Crippen LogP contribution in [0.4, 0.5) is 0 Å². The number of benzene rings is 1. The molecule has 0 aliphatic heterocycles. The Bertz CT molecular complexity index is 797. The number of pyridine rings is 1. The van der Waals surface area contributed by atoms with Crippen molar-refractivity contribution < 1.29 is 9.53 Å². The lowest BCUT2D eigenvalue weighted by Gasteiger charge is -2.10. The summed E-state index contributed by atoms with van der Waals surface area (Å²) < 4.78 is 7.59. The van der Waals surface area contributed by atoms with E-state index in [4.69, 9.17) is 16.3 Å². The molecule has 25 heavy (non-hydrogen) atoms. The van der Waals surface area contributed by atoms with E-state index in [0.29, 0.717) is 29.7 Å². The van der Waals surface area contributed by atoms with Gasteiger partial charge in [-0.1, -0.05) is 23.7 Å². The Kier molecular flexibility index (Phi) is 7.81. The van der Waals surface area contributed by atoms with Gasteiger partial charge >= 0.3 is 0 Å². The third kappa shape index (κ3) is 5.76. The topological polar surface area (TPSA) is 54.8 Å². The molecular weight excluding hydrogens is 472 g/mol. The van der Waals surface area contributed by atoms with Gasteiger partial charge in [0, 0.05) is 18.8 Å². The van der Waals surface area contributed by atoms with Gasteiger partial charge in [0.05, 0.1) is 23.3 Å². The molecule has 130 valence electrons. The maximum absolute atomic E-state index is 11.1. The normalized spacial score (nSPS) is 12.5. The van der Waals surface area contributed by atoms with Crippen LogP contribution < -0.4 is 4.74 Å². The van der Waals surface area contributed by atoms with Crippen LogP contribution in [0.2, 0.25) is 0 Å². The fourth-order valence-corrected chi connectivity index (χ4v) is 2.54. The fraction of sp³-hybridized carbons (Fsp3) is 0.118. The number of aryl methyl sites for hydroxylation is 1. The molecule has 5 nitrogen and oxygen atoms in total. The van der Waals surface area contributed by atoms with Crippen LogP contribution in [-0.4, -0.2) is 29.3 Å². The van der Waals surface area contributed by atoms with E-state index in [1.807, 2.05) is 50.4 Å². The van der Waals surface area contributed by atoms with Crippen LogP contribution in [0, 0.1) is 6.92 Å². The maximum atomic E-state index is 11.1. The Hall–Kier alpha value is -1.50. The Morgan fingerprint density at radius 2 is 2.08 bits per heavy atom. The summed E-state index contributed by atoms with van der Waals surface area (Å²) in [7, 11) is 1.85. The van der Waals surface area contributed by atoms with E-state index < -0.39 is 0 Å². The average Bonchev–Trinajstić information content (AvgIpc) is 2.64. The Morgan fingerprint density at radius 3 is 2.68 bits per heavy atom. The van der Waals surface area contributed by atoms with Gasteiger partial charge in [-0.15, -0.1) is 0 Å². The van der Waals surface area contributed by atoms with Crippen molar-refractivity contribution in [1.29, 1.82) is 0 Å². The van der Waals surface area contributed by atoms with Crippen molar-refractivity contribution in [2.45, 2.75) is 6.92 Å². The number of aromatic nitrogens is 1. The second kappa shape index (κ2) is 9.85. The van der Waals surface area contributed by atoms with E-state index in [1.54, 1.807) is 17.2 Å². The standard InChI is InChI=1S/C17H16ClIN3O2P/c1-12-17(4-3-9-20-12)24-14-7-5-13(6-8-14)15(16(18)11-23)10-21-22(2)25-19/h3-11,25H,1-2H3/b16-15-,21-10?. The summed E-state index contributed by atoms with van der Waals surface area (Å²) in [6.07, 6.45) is 4.40. The van der Waals surface area contributed by atoms with Crippen LogP contribution in [-0.2, 0) is 4.79 Å². The number of allylic oxidation sites excluding steroid dienone is 2. The summed E-state index contributed by atoms with van der Waals surface area (Å²) in [6.45, 7) is 1.88. The summed E-state index contributed by atoms with van der Waals surface area (Å²) >= 11 is 8.26. The van der Waals surface area contributed by atoms with Gasteiger partial charge in [-0.25, -0.2) is 0 Å². The molecule has 0 spiro atoms. The molecule has 1 heterocycles. The lowest BCUT2D eigenvalue weighted by atomic mass is 10.1. The highest BCUT2D eigenvalue weighted by Gasteiger charge is 2.07.